The third-order valence-electron chi connectivity index (χ3n) is 4.94. The van der Waals surface area contributed by atoms with E-state index < -0.39 is 0 Å². The maximum Gasteiger partial charge on any atom is 0.221 e. The van der Waals surface area contributed by atoms with Crippen LogP contribution in [0.1, 0.15) is 57.1 Å². The lowest BCUT2D eigenvalue weighted by molar-refractivity contribution is -0.122. The Morgan fingerprint density at radius 2 is 2.00 bits per heavy atom. The number of carbonyl (C=O) groups is 1. The number of rotatable bonds is 9. The number of benzene rings is 1. The van der Waals surface area contributed by atoms with Gasteiger partial charge in [-0.3, -0.25) is 4.79 Å². The van der Waals surface area contributed by atoms with Crippen LogP contribution in [-0.2, 0) is 9.53 Å². The molecule has 1 amide bonds. The maximum absolute atomic E-state index is 12.2. The molecule has 0 saturated heterocycles. The van der Waals surface area contributed by atoms with Crippen LogP contribution < -0.4 is 11.1 Å². The fraction of sp³-hybridized carbons (Fsp3) is 0.632. The van der Waals surface area contributed by atoms with Crippen LogP contribution in [-0.4, -0.2) is 25.7 Å². The molecule has 23 heavy (non-hydrogen) atoms. The highest BCUT2D eigenvalue weighted by atomic mass is 16.5. The topological polar surface area (TPSA) is 64.3 Å². The molecular formula is C19H30N2O2. The molecule has 0 aromatic heterocycles. The van der Waals surface area contributed by atoms with Gasteiger partial charge in [-0.1, -0.05) is 43.2 Å². The predicted octanol–water partition coefficient (Wildman–Crippen LogP) is 3.18. The average Bonchev–Trinajstić information content (AvgIpc) is 3.03. The van der Waals surface area contributed by atoms with Gasteiger partial charge in [0.2, 0.25) is 5.91 Å². The Balaban J connectivity index is 1.79. The van der Waals surface area contributed by atoms with E-state index in [1.165, 1.54) is 25.7 Å². The molecule has 128 valence electrons. The van der Waals surface area contributed by atoms with Gasteiger partial charge in [-0.25, -0.2) is 0 Å². The smallest absolute Gasteiger partial charge is 0.221 e. The van der Waals surface area contributed by atoms with Crippen LogP contribution in [0.4, 0.5) is 0 Å². The van der Waals surface area contributed by atoms with Crippen molar-refractivity contribution in [2.75, 3.05) is 19.8 Å². The summed E-state index contributed by atoms with van der Waals surface area (Å²) in [7, 11) is 0. The molecule has 1 saturated carbocycles. The Hall–Kier alpha value is -1.39. The number of hydrogen-bond acceptors (Lipinski definition) is 3. The molecule has 2 rings (SSSR count). The van der Waals surface area contributed by atoms with E-state index in [1.54, 1.807) is 0 Å². The molecule has 0 spiro atoms. The minimum atomic E-state index is -0.237. The lowest BCUT2D eigenvalue weighted by Gasteiger charge is -2.29. The van der Waals surface area contributed by atoms with Crippen molar-refractivity contribution < 1.29 is 9.53 Å². The zero-order valence-electron chi connectivity index (χ0n) is 14.2. The van der Waals surface area contributed by atoms with Crippen molar-refractivity contribution in [1.82, 2.24) is 5.32 Å². The van der Waals surface area contributed by atoms with Crippen molar-refractivity contribution in [3.05, 3.63) is 35.9 Å². The largest absolute Gasteiger partial charge is 0.382 e. The third kappa shape index (κ3) is 5.63. The van der Waals surface area contributed by atoms with Crippen molar-refractivity contribution in [3.8, 4) is 0 Å². The van der Waals surface area contributed by atoms with Gasteiger partial charge < -0.3 is 15.8 Å². The molecule has 0 radical (unpaired) electrons. The van der Waals surface area contributed by atoms with Crippen LogP contribution in [0.25, 0.3) is 0 Å². The average molecular weight is 318 g/mol. The lowest BCUT2D eigenvalue weighted by Crippen LogP contribution is -2.37. The number of ether oxygens (including phenoxy) is 1. The number of hydrogen-bond donors (Lipinski definition) is 2. The van der Waals surface area contributed by atoms with Gasteiger partial charge in [0, 0.05) is 32.2 Å². The van der Waals surface area contributed by atoms with Crippen molar-refractivity contribution in [3.63, 3.8) is 0 Å². The summed E-state index contributed by atoms with van der Waals surface area (Å²) in [5.74, 6) is 0.0454. The van der Waals surface area contributed by atoms with E-state index in [0.29, 0.717) is 6.42 Å². The van der Waals surface area contributed by atoms with E-state index in [2.05, 4.69) is 5.32 Å². The van der Waals surface area contributed by atoms with Crippen LogP contribution in [0.3, 0.4) is 0 Å². The molecule has 0 bridgehead atoms. The molecule has 1 fully saturated rings. The molecule has 4 heteroatoms. The van der Waals surface area contributed by atoms with Gasteiger partial charge in [0.25, 0.3) is 0 Å². The summed E-state index contributed by atoms with van der Waals surface area (Å²) in [6.45, 7) is 4.32. The van der Waals surface area contributed by atoms with E-state index in [1.807, 2.05) is 37.3 Å². The van der Waals surface area contributed by atoms with E-state index in [0.717, 1.165) is 31.7 Å². The van der Waals surface area contributed by atoms with E-state index in [-0.39, 0.29) is 17.4 Å². The highest BCUT2D eigenvalue weighted by molar-refractivity contribution is 5.76. The first-order valence-corrected chi connectivity index (χ1v) is 8.80. The maximum atomic E-state index is 12.2. The summed E-state index contributed by atoms with van der Waals surface area (Å²) >= 11 is 0. The standard InChI is InChI=1S/C19H30N2O2/c1-2-23-13-12-19(10-6-7-11-19)15-21-18(22)14-17(20)16-8-4-3-5-9-16/h3-5,8-9,17H,2,6-7,10-15,20H2,1H3,(H,21,22). The first-order valence-electron chi connectivity index (χ1n) is 8.80. The number of carbonyl (C=O) groups excluding carboxylic acids is 1. The SMILES string of the molecule is CCOCCC1(CNC(=O)CC(N)c2ccccc2)CCCC1. The number of nitrogens with two attached hydrogens (primary N) is 1. The van der Waals surface area contributed by atoms with Gasteiger partial charge in [0.05, 0.1) is 0 Å². The van der Waals surface area contributed by atoms with Crippen LogP contribution in [0.2, 0.25) is 0 Å². The molecule has 4 nitrogen and oxygen atoms in total. The fourth-order valence-corrected chi connectivity index (χ4v) is 3.45. The number of nitrogens with one attached hydrogen (secondary N) is 1. The summed E-state index contributed by atoms with van der Waals surface area (Å²) in [6, 6.07) is 9.57. The first kappa shape index (κ1) is 18.0. The van der Waals surface area contributed by atoms with Crippen LogP contribution >= 0.6 is 0 Å². The minimum absolute atomic E-state index is 0.0454. The Labute approximate surface area is 139 Å². The summed E-state index contributed by atoms with van der Waals surface area (Å²) in [4.78, 5) is 12.2. The van der Waals surface area contributed by atoms with Crippen molar-refractivity contribution in [2.24, 2.45) is 11.1 Å². The summed E-state index contributed by atoms with van der Waals surface area (Å²) in [5.41, 5.74) is 7.36. The fourth-order valence-electron chi connectivity index (χ4n) is 3.45. The molecule has 1 aromatic carbocycles. The summed E-state index contributed by atoms with van der Waals surface area (Å²) < 4.78 is 5.52. The molecular weight excluding hydrogens is 288 g/mol. The monoisotopic (exact) mass is 318 g/mol. The van der Waals surface area contributed by atoms with Gasteiger partial charge >= 0.3 is 0 Å². The second-order valence-electron chi connectivity index (χ2n) is 6.65. The van der Waals surface area contributed by atoms with Gasteiger partial charge in [-0.15, -0.1) is 0 Å². The molecule has 0 heterocycles. The Morgan fingerprint density at radius 1 is 1.30 bits per heavy atom. The second kappa shape index (κ2) is 9.04. The van der Waals surface area contributed by atoms with Crippen LogP contribution in [0.15, 0.2) is 30.3 Å². The highest BCUT2D eigenvalue weighted by Gasteiger charge is 2.33. The van der Waals surface area contributed by atoms with Crippen LogP contribution in [0, 0.1) is 5.41 Å². The highest BCUT2D eigenvalue weighted by Crippen LogP contribution is 2.40. The predicted molar refractivity (Wildman–Crippen MR) is 93.0 cm³/mol. The first-order chi connectivity index (χ1) is 11.2. The Kier molecular flexibility index (Phi) is 7.06. The molecule has 1 aliphatic rings. The van der Waals surface area contributed by atoms with E-state index >= 15 is 0 Å². The van der Waals surface area contributed by atoms with Crippen molar-refractivity contribution in [1.29, 1.82) is 0 Å². The Bertz CT molecular complexity index is 470. The van der Waals surface area contributed by atoms with Crippen molar-refractivity contribution >= 4 is 5.91 Å². The van der Waals surface area contributed by atoms with Gasteiger partial charge in [0.15, 0.2) is 0 Å². The minimum Gasteiger partial charge on any atom is -0.382 e. The second-order valence-corrected chi connectivity index (χ2v) is 6.65. The number of amides is 1. The lowest BCUT2D eigenvalue weighted by atomic mass is 9.83. The molecule has 1 aliphatic carbocycles. The summed E-state index contributed by atoms with van der Waals surface area (Å²) in [5, 5.41) is 3.12. The quantitative estimate of drug-likeness (QED) is 0.687. The van der Waals surface area contributed by atoms with E-state index in [9.17, 15) is 4.79 Å². The van der Waals surface area contributed by atoms with Gasteiger partial charge in [0.1, 0.15) is 0 Å². The molecule has 1 atom stereocenters. The van der Waals surface area contributed by atoms with Crippen molar-refractivity contribution in [2.45, 2.75) is 51.5 Å². The van der Waals surface area contributed by atoms with Crippen LogP contribution in [0.5, 0.6) is 0 Å². The molecule has 3 N–H and O–H groups in total. The molecule has 0 aliphatic heterocycles. The molecule has 1 aromatic rings. The van der Waals surface area contributed by atoms with Gasteiger partial charge in [-0.2, -0.15) is 0 Å². The normalized spacial score (nSPS) is 17.8. The molecule has 1 unspecified atom stereocenters. The Morgan fingerprint density at radius 3 is 2.65 bits per heavy atom. The van der Waals surface area contributed by atoms with Gasteiger partial charge in [-0.05, 0) is 37.2 Å². The van der Waals surface area contributed by atoms with E-state index in [4.69, 9.17) is 10.5 Å². The zero-order chi connectivity index (χ0) is 16.5. The summed E-state index contributed by atoms with van der Waals surface area (Å²) in [6.07, 6.45) is 6.25. The zero-order valence-corrected chi connectivity index (χ0v) is 14.2. The third-order valence-corrected chi connectivity index (χ3v) is 4.94.